The quantitative estimate of drug-likeness (QED) is 0.648. The fraction of sp³-hybridized carbons (Fsp3) is 0.647. The minimum atomic E-state index is 0.312. The molecule has 0 spiro atoms. The monoisotopic (exact) mass is 302 g/mol. The zero-order valence-electron chi connectivity index (χ0n) is 13.1. The summed E-state index contributed by atoms with van der Waals surface area (Å²) in [5, 5.41) is 3.31. The third-order valence-corrected chi connectivity index (χ3v) is 4.56. The summed E-state index contributed by atoms with van der Waals surface area (Å²) in [6.45, 7) is 0.515. The molecule has 3 rings (SSSR count). The lowest BCUT2D eigenvalue weighted by Crippen LogP contribution is -2.38. The van der Waals surface area contributed by atoms with Gasteiger partial charge in [0.2, 0.25) is 5.88 Å². The highest BCUT2D eigenvalue weighted by atomic mass is 16.5. The first-order valence-corrected chi connectivity index (χ1v) is 8.48. The van der Waals surface area contributed by atoms with Crippen molar-refractivity contribution in [3.8, 4) is 5.88 Å². The molecule has 1 heterocycles. The van der Waals surface area contributed by atoms with E-state index in [4.69, 9.17) is 10.5 Å². The molecule has 0 aromatic carbocycles. The van der Waals surface area contributed by atoms with Crippen molar-refractivity contribution in [1.29, 1.82) is 0 Å². The van der Waals surface area contributed by atoms with Crippen LogP contribution in [0.25, 0.3) is 0 Å². The molecule has 1 aromatic rings. The molecular formula is C17H26N4O. The standard InChI is InChI=1S/C17H26N4O/c18-17(21-14-7-1-2-8-14)20-12-13-6-5-11-19-16(13)22-15-9-3-4-10-15/h5-6,11,14-15H,1-4,7-10,12H2,(H3,18,20,21). The molecule has 2 fully saturated rings. The van der Waals surface area contributed by atoms with Gasteiger partial charge in [-0.3, -0.25) is 0 Å². The number of rotatable bonds is 5. The molecule has 2 aliphatic rings. The average molecular weight is 302 g/mol. The SMILES string of the molecule is NC(=NCc1cccnc1OC1CCCC1)NC1CCCC1. The number of aliphatic imine (C=N–C) groups is 1. The molecule has 0 unspecified atom stereocenters. The average Bonchev–Trinajstić information content (AvgIpc) is 3.20. The topological polar surface area (TPSA) is 72.5 Å². The zero-order chi connectivity index (χ0) is 15.2. The maximum absolute atomic E-state index is 6.03. The molecule has 0 atom stereocenters. The van der Waals surface area contributed by atoms with Gasteiger partial charge in [-0.15, -0.1) is 0 Å². The number of guanidine groups is 1. The highest BCUT2D eigenvalue weighted by Gasteiger charge is 2.18. The van der Waals surface area contributed by atoms with Crippen molar-refractivity contribution in [3.05, 3.63) is 23.9 Å². The van der Waals surface area contributed by atoms with Crippen LogP contribution in [0.1, 0.15) is 56.9 Å². The lowest BCUT2D eigenvalue weighted by molar-refractivity contribution is 0.199. The summed E-state index contributed by atoms with van der Waals surface area (Å²) in [5.41, 5.74) is 7.00. The summed E-state index contributed by atoms with van der Waals surface area (Å²) in [6, 6.07) is 4.43. The first-order valence-electron chi connectivity index (χ1n) is 8.48. The van der Waals surface area contributed by atoms with Gasteiger partial charge in [-0.1, -0.05) is 18.9 Å². The lowest BCUT2D eigenvalue weighted by Gasteiger charge is -2.15. The second-order valence-corrected chi connectivity index (χ2v) is 6.32. The Bertz CT molecular complexity index is 505. The highest BCUT2D eigenvalue weighted by Crippen LogP contribution is 2.25. The Hall–Kier alpha value is -1.78. The van der Waals surface area contributed by atoms with Crippen molar-refractivity contribution < 1.29 is 4.74 Å². The Kier molecular flexibility index (Phi) is 5.14. The summed E-state index contributed by atoms with van der Waals surface area (Å²) in [6.07, 6.45) is 11.8. The molecule has 0 saturated heterocycles. The van der Waals surface area contributed by atoms with E-state index in [0.717, 1.165) is 18.4 Å². The first kappa shape index (κ1) is 15.1. The zero-order valence-corrected chi connectivity index (χ0v) is 13.1. The molecule has 1 aromatic heterocycles. The molecular weight excluding hydrogens is 276 g/mol. The van der Waals surface area contributed by atoms with Crippen LogP contribution >= 0.6 is 0 Å². The first-order chi connectivity index (χ1) is 10.8. The van der Waals surface area contributed by atoms with E-state index < -0.39 is 0 Å². The highest BCUT2D eigenvalue weighted by molar-refractivity contribution is 5.78. The second-order valence-electron chi connectivity index (χ2n) is 6.32. The molecule has 0 amide bonds. The predicted octanol–water partition coefficient (Wildman–Crippen LogP) is 2.75. The Balaban J connectivity index is 1.58. The summed E-state index contributed by atoms with van der Waals surface area (Å²) in [4.78, 5) is 8.83. The van der Waals surface area contributed by atoms with E-state index in [0.29, 0.717) is 30.5 Å². The number of aromatic nitrogens is 1. The van der Waals surface area contributed by atoms with Gasteiger partial charge in [0.1, 0.15) is 6.10 Å². The van der Waals surface area contributed by atoms with Crippen LogP contribution in [0, 0.1) is 0 Å². The van der Waals surface area contributed by atoms with Crippen molar-refractivity contribution in [1.82, 2.24) is 10.3 Å². The van der Waals surface area contributed by atoms with Gasteiger partial charge in [0.05, 0.1) is 6.54 Å². The van der Waals surface area contributed by atoms with Gasteiger partial charge >= 0.3 is 0 Å². The summed E-state index contributed by atoms with van der Waals surface area (Å²) in [7, 11) is 0. The molecule has 22 heavy (non-hydrogen) atoms. The molecule has 0 aliphatic heterocycles. The molecule has 0 radical (unpaired) electrons. The maximum Gasteiger partial charge on any atom is 0.218 e. The smallest absolute Gasteiger partial charge is 0.218 e. The van der Waals surface area contributed by atoms with Crippen molar-refractivity contribution in [3.63, 3.8) is 0 Å². The van der Waals surface area contributed by atoms with E-state index in [1.54, 1.807) is 6.20 Å². The van der Waals surface area contributed by atoms with Gasteiger partial charge in [-0.25, -0.2) is 9.98 Å². The van der Waals surface area contributed by atoms with Gasteiger partial charge in [0, 0.05) is 17.8 Å². The van der Waals surface area contributed by atoms with E-state index in [1.807, 2.05) is 12.1 Å². The van der Waals surface area contributed by atoms with Crippen LogP contribution in [-0.4, -0.2) is 23.1 Å². The summed E-state index contributed by atoms with van der Waals surface area (Å²) < 4.78 is 6.03. The third-order valence-electron chi connectivity index (χ3n) is 4.56. The van der Waals surface area contributed by atoms with Crippen molar-refractivity contribution in [2.45, 2.75) is 70.1 Å². The number of nitrogens with one attached hydrogen (secondary N) is 1. The van der Waals surface area contributed by atoms with Crippen molar-refractivity contribution >= 4 is 5.96 Å². The van der Waals surface area contributed by atoms with Crippen molar-refractivity contribution in [2.24, 2.45) is 10.7 Å². The van der Waals surface area contributed by atoms with E-state index in [1.165, 1.54) is 38.5 Å². The molecule has 2 aliphatic carbocycles. The van der Waals surface area contributed by atoms with E-state index >= 15 is 0 Å². The Morgan fingerprint density at radius 2 is 1.95 bits per heavy atom. The number of hydrogen-bond acceptors (Lipinski definition) is 3. The number of pyridine rings is 1. The van der Waals surface area contributed by atoms with Gasteiger partial charge in [0.15, 0.2) is 5.96 Å². The van der Waals surface area contributed by atoms with Crippen LogP contribution in [0.15, 0.2) is 23.3 Å². The normalized spacial score (nSPS) is 20.5. The molecule has 5 heteroatoms. The Labute approximate surface area is 132 Å². The van der Waals surface area contributed by atoms with Crippen LogP contribution in [-0.2, 0) is 6.54 Å². The molecule has 120 valence electrons. The minimum Gasteiger partial charge on any atom is -0.474 e. The molecule has 0 bridgehead atoms. The Morgan fingerprint density at radius 3 is 2.73 bits per heavy atom. The van der Waals surface area contributed by atoms with Crippen LogP contribution in [0.4, 0.5) is 0 Å². The number of nitrogens with zero attached hydrogens (tertiary/aromatic N) is 2. The van der Waals surface area contributed by atoms with Gasteiger partial charge in [-0.05, 0) is 44.6 Å². The molecule has 5 nitrogen and oxygen atoms in total. The molecule has 3 N–H and O–H groups in total. The van der Waals surface area contributed by atoms with Gasteiger partial charge in [0.25, 0.3) is 0 Å². The number of nitrogens with two attached hydrogens (primary N) is 1. The van der Waals surface area contributed by atoms with E-state index in [-0.39, 0.29) is 0 Å². The second kappa shape index (κ2) is 7.47. The fourth-order valence-corrected chi connectivity index (χ4v) is 3.31. The largest absolute Gasteiger partial charge is 0.474 e. The fourth-order valence-electron chi connectivity index (χ4n) is 3.31. The molecule has 2 saturated carbocycles. The van der Waals surface area contributed by atoms with Gasteiger partial charge < -0.3 is 15.8 Å². The van der Waals surface area contributed by atoms with Crippen LogP contribution in [0.5, 0.6) is 5.88 Å². The summed E-state index contributed by atoms with van der Waals surface area (Å²) >= 11 is 0. The number of hydrogen-bond donors (Lipinski definition) is 2. The minimum absolute atomic E-state index is 0.312. The predicted molar refractivity (Wildman–Crippen MR) is 87.8 cm³/mol. The lowest BCUT2D eigenvalue weighted by atomic mass is 10.2. The van der Waals surface area contributed by atoms with E-state index in [9.17, 15) is 0 Å². The number of ether oxygens (including phenoxy) is 1. The van der Waals surface area contributed by atoms with Crippen LogP contribution in [0.3, 0.4) is 0 Å². The van der Waals surface area contributed by atoms with E-state index in [2.05, 4.69) is 15.3 Å². The van der Waals surface area contributed by atoms with Gasteiger partial charge in [-0.2, -0.15) is 0 Å². The maximum atomic E-state index is 6.03. The van der Waals surface area contributed by atoms with Crippen LogP contribution < -0.4 is 15.8 Å². The third kappa shape index (κ3) is 4.12. The Morgan fingerprint density at radius 1 is 1.23 bits per heavy atom. The van der Waals surface area contributed by atoms with Crippen molar-refractivity contribution in [2.75, 3.05) is 0 Å². The van der Waals surface area contributed by atoms with Crippen LogP contribution in [0.2, 0.25) is 0 Å². The summed E-state index contributed by atoms with van der Waals surface area (Å²) in [5.74, 6) is 1.24.